The third-order valence-electron chi connectivity index (χ3n) is 3.45. The predicted octanol–water partition coefficient (Wildman–Crippen LogP) is 6.68. The van der Waals surface area contributed by atoms with Crippen molar-refractivity contribution >= 4 is 57.9 Å². The second kappa shape index (κ2) is 5.58. The molecule has 0 saturated carbocycles. The third kappa shape index (κ3) is 2.50. The molecular formula is C18H11ClOS2. The number of para-hydroxylation sites is 1. The van der Waals surface area contributed by atoms with Crippen LogP contribution in [0.1, 0.15) is 0 Å². The molecule has 0 radical (unpaired) electrons. The fourth-order valence-corrected chi connectivity index (χ4v) is 4.21. The van der Waals surface area contributed by atoms with Crippen molar-refractivity contribution in [3.63, 3.8) is 0 Å². The predicted molar refractivity (Wildman–Crippen MR) is 96.5 cm³/mol. The topological polar surface area (TPSA) is 13.1 Å². The van der Waals surface area contributed by atoms with Gasteiger partial charge in [-0.25, -0.2) is 0 Å². The molecule has 4 rings (SSSR count). The second-order valence-electron chi connectivity index (χ2n) is 4.97. The standard InChI is InChI=1S/C18H11ClOS2/c19-11-8-16-18(14-6-1-2-7-15(14)20-16)17(9-11)22-13-5-3-4-12(21)10-13/h1-10,21H. The van der Waals surface area contributed by atoms with Gasteiger partial charge in [-0.2, -0.15) is 0 Å². The summed E-state index contributed by atoms with van der Waals surface area (Å²) >= 11 is 12.3. The Balaban J connectivity index is 1.95. The molecule has 1 heterocycles. The zero-order chi connectivity index (χ0) is 15.1. The molecule has 0 unspecified atom stereocenters. The summed E-state index contributed by atoms with van der Waals surface area (Å²) in [4.78, 5) is 3.16. The summed E-state index contributed by atoms with van der Waals surface area (Å²) in [5.41, 5.74) is 1.70. The van der Waals surface area contributed by atoms with Crippen molar-refractivity contribution in [3.05, 3.63) is 65.7 Å². The number of hydrogen-bond donors (Lipinski definition) is 1. The molecule has 0 atom stereocenters. The summed E-state index contributed by atoms with van der Waals surface area (Å²) in [5.74, 6) is 0. The van der Waals surface area contributed by atoms with E-state index in [1.807, 2.05) is 48.5 Å². The van der Waals surface area contributed by atoms with Crippen LogP contribution < -0.4 is 0 Å². The maximum absolute atomic E-state index is 6.26. The van der Waals surface area contributed by atoms with Crippen LogP contribution in [0.5, 0.6) is 0 Å². The molecule has 4 aromatic rings. The Labute approximate surface area is 142 Å². The summed E-state index contributed by atoms with van der Waals surface area (Å²) in [7, 11) is 0. The number of thiol groups is 1. The van der Waals surface area contributed by atoms with Crippen LogP contribution in [0.2, 0.25) is 5.02 Å². The molecule has 1 nitrogen and oxygen atoms in total. The van der Waals surface area contributed by atoms with Crippen LogP contribution in [-0.4, -0.2) is 0 Å². The average molecular weight is 343 g/mol. The molecule has 0 aliphatic rings. The van der Waals surface area contributed by atoms with Gasteiger partial charge in [-0.3, -0.25) is 0 Å². The van der Waals surface area contributed by atoms with Crippen molar-refractivity contribution in [2.75, 3.05) is 0 Å². The van der Waals surface area contributed by atoms with E-state index in [0.717, 1.165) is 36.6 Å². The molecule has 0 fully saturated rings. The molecule has 1 aromatic heterocycles. The lowest BCUT2D eigenvalue weighted by Crippen LogP contribution is -1.78. The molecule has 4 heteroatoms. The lowest BCUT2D eigenvalue weighted by molar-refractivity contribution is 0.668. The number of furan rings is 1. The summed E-state index contributed by atoms with van der Waals surface area (Å²) in [5, 5.41) is 2.89. The number of hydrogen-bond acceptors (Lipinski definition) is 3. The van der Waals surface area contributed by atoms with Crippen LogP contribution in [-0.2, 0) is 0 Å². The van der Waals surface area contributed by atoms with E-state index in [9.17, 15) is 0 Å². The van der Waals surface area contributed by atoms with Crippen LogP contribution in [0, 0.1) is 0 Å². The lowest BCUT2D eigenvalue weighted by Gasteiger charge is -2.05. The summed E-state index contributed by atoms with van der Waals surface area (Å²) in [6, 6.07) is 20.0. The molecule has 0 aliphatic carbocycles. The Kier molecular flexibility index (Phi) is 3.57. The van der Waals surface area contributed by atoms with Crippen LogP contribution in [0.25, 0.3) is 21.9 Å². The molecule has 22 heavy (non-hydrogen) atoms. The third-order valence-corrected chi connectivity index (χ3v) is 4.98. The highest BCUT2D eigenvalue weighted by Crippen LogP contribution is 2.41. The van der Waals surface area contributed by atoms with E-state index < -0.39 is 0 Å². The molecule has 0 N–H and O–H groups in total. The van der Waals surface area contributed by atoms with Crippen molar-refractivity contribution in [1.82, 2.24) is 0 Å². The van der Waals surface area contributed by atoms with E-state index >= 15 is 0 Å². The number of halogens is 1. The van der Waals surface area contributed by atoms with Gasteiger partial charge in [-0.1, -0.05) is 47.6 Å². The SMILES string of the molecule is Sc1cccc(Sc2cc(Cl)cc3oc4ccccc4c23)c1. The summed E-state index contributed by atoms with van der Waals surface area (Å²) < 4.78 is 5.92. The van der Waals surface area contributed by atoms with Gasteiger partial charge >= 0.3 is 0 Å². The molecular weight excluding hydrogens is 332 g/mol. The molecule has 0 spiro atoms. The Bertz CT molecular complexity index is 991. The van der Waals surface area contributed by atoms with Gasteiger partial charge in [0.1, 0.15) is 11.2 Å². The Morgan fingerprint density at radius 1 is 0.909 bits per heavy atom. The Hall–Kier alpha value is -1.55. The minimum Gasteiger partial charge on any atom is -0.456 e. The minimum absolute atomic E-state index is 0.677. The molecule has 3 aromatic carbocycles. The van der Waals surface area contributed by atoms with Crippen LogP contribution >= 0.6 is 36.0 Å². The Morgan fingerprint density at radius 2 is 1.77 bits per heavy atom. The van der Waals surface area contributed by atoms with Gasteiger partial charge < -0.3 is 4.42 Å². The lowest BCUT2D eigenvalue weighted by atomic mass is 10.1. The highest BCUT2D eigenvalue weighted by Gasteiger charge is 2.13. The zero-order valence-corrected chi connectivity index (χ0v) is 13.9. The molecule has 0 aliphatic heterocycles. The van der Waals surface area contributed by atoms with Crippen LogP contribution in [0.3, 0.4) is 0 Å². The van der Waals surface area contributed by atoms with Crippen molar-refractivity contribution in [3.8, 4) is 0 Å². The van der Waals surface area contributed by atoms with Gasteiger partial charge in [-0.05, 0) is 30.3 Å². The van der Waals surface area contributed by atoms with E-state index in [0.29, 0.717) is 5.02 Å². The maximum atomic E-state index is 6.26. The smallest absolute Gasteiger partial charge is 0.138 e. The van der Waals surface area contributed by atoms with E-state index in [1.54, 1.807) is 11.8 Å². The highest BCUT2D eigenvalue weighted by atomic mass is 35.5. The van der Waals surface area contributed by atoms with Crippen molar-refractivity contribution < 1.29 is 4.42 Å². The zero-order valence-electron chi connectivity index (χ0n) is 11.4. The molecule has 0 bridgehead atoms. The molecule has 108 valence electrons. The van der Waals surface area contributed by atoms with Gasteiger partial charge in [0, 0.05) is 36.5 Å². The average Bonchev–Trinajstić information content (AvgIpc) is 2.85. The Morgan fingerprint density at radius 3 is 2.64 bits per heavy atom. The second-order valence-corrected chi connectivity index (χ2v) is 7.04. The van der Waals surface area contributed by atoms with Gasteiger partial charge in [-0.15, -0.1) is 12.6 Å². The van der Waals surface area contributed by atoms with E-state index in [-0.39, 0.29) is 0 Å². The largest absolute Gasteiger partial charge is 0.456 e. The van der Waals surface area contributed by atoms with E-state index in [2.05, 4.69) is 24.8 Å². The minimum atomic E-state index is 0.677. The first-order valence-electron chi connectivity index (χ1n) is 6.78. The van der Waals surface area contributed by atoms with E-state index in [1.165, 1.54) is 0 Å². The summed E-state index contributed by atoms with van der Waals surface area (Å²) in [6.45, 7) is 0. The highest BCUT2D eigenvalue weighted by molar-refractivity contribution is 7.99. The molecule has 0 saturated heterocycles. The first-order valence-corrected chi connectivity index (χ1v) is 8.42. The monoisotopic (exact) mass is 342 g/mol. The fourth-order valence-electron chi connectivity index (χ4n) is 2.54. The quantitative estimate of drug-likeness (QED) is 0.408. The van der Waals surface area contributed by atoms with Crippen molar-refractivity contribution in [2.45, 2.75) is 14.7 Å². The maximum Gasteiger partial charge on any atom is 0.138 e. The summed E-state index contributed by atoms with van der Waals surface area (Å²) in [6.07, 6.45) is 0. The van der Waals surface area contributed by atoms with Crippen molar-refractivity contribution in [1.29, 1.82) is 0 Å². The first kappa shape index (κ1) is 14.1. The van der Waals surface area contributed by atoms with Crippen molar-refractivity contribution in [2.24, 2.45) is 0 Å². The number of benzene rings is 3. The number of fused-ring (bicyclic) bond motifs is 3. The number of rotatable bonds is 2. The fraction of sp³-hybridized carbons (Fsp3) is 0. The van der Waals surface area contributed by atoms with Crippen LogP contribution in [0.15, 0.2) is 79.8 Å². The normalized spacial score (nSPS) is 11.4. The molecule has 0 amide bonds. The van der Waals surface area contributed by atoms with E-state index in [4.69, 9.17) is 16.0 Å². The van der Waals surface area contributed by atoms with Gasteiger partial charge in [0.05, 0.1) is 0 Å². The van der Waals surface area contributed by atoms with Gasteiger partial charge in [0.2, 0.25) is 0 Å². The van der Waals surface area contributed by atoms with Crippen LogP contribution in [0.4, 0.5) is 0 Å². The van der Waals surface area contributed by atoms with Gasteiger partial charge in [0.25, 0.3) is 0 Å². The first-order chi connectivity index (χ1) is 10.7. The van der Waals surface area contributed by atoms with Gasteiger partial charge in [0.15, 0.2) is 0 Å².